The highest BCUT2D eigenvalue weighted by atomic mass is 16.1. The van der Waals surface area contributed by atoms with Crippen LogP contribution in [-0.4, -0.2) is 5.78 Å². The van der Waals surface area contributed by atoms with Crippen LogP contribution in [-0.2, 0) is 11.2 Å². The fourth-order valence-electron chi connectivity index (χ4n) is 2.74. The molecule has 1 heteroatoms. The van der Waals surface area contributed by atoms with Crippen LogP contribution in [0, 0.1) is 5.92 Å². The van der Waals surface area contributed by atoms with Crippen LogP contribution < -0.4 is 0 Å². The monoisotopic (exact) mass is 230 g/mol. The van der Waals surface area contributed by atoms with Crippen molar-refractivity contribution in [2.45, 2.75) is 51.4 Å². The highest BCUT2D eigenvalue weighted by molar-refractivity contribution is 5.78. The Morgan fingerprint density at radius 3 is 2.47 bits per heavy atom. The zero-order valence-corrected chi connectivity index (χ0v) is 10.5. The van der Waals surface area contributed by atoms with Gasteiger partial charge in [-0.1, -0.05) is 62.4 Å². The molecule has 1 aliphatic carbocycles. The summed E-state index contributed by atoms with van der Waals surface area (Å²) in [6, 6.07) is 10.3. The van der Waals surface area contributed by atoms with E-state index in [0.29, 0.717) is 11.7 Å². The van der Waals surface area contributed by atoms with E-state index in [1.165, 1.54) is 37.7 Å². The first-order chi connectivity index (χ1) is 8.34. The van der Waals surface area contributed by atoms with Crippen molar-refractivity contribution in [1.82, 2.24) is 0 Å². The van der Waals surface area contributed by atoms with Gasteiger partial charge in [-0.3, -0.25) is 4.79 Å². The molecule has 0 N–H and O–H groups in total. The van der Waals surface area contributed by atoms with Gasteiger partial charge in [0.15, 0.2) is 0 Å². The lowest BCUT2D eigenvalue weighted by Crippen LogP contribution is -2.12. The molecule has 17 heavy (non-hydrogen) atoms. The van der Waals surface area contributed by atoms with E-state index in [9.17, 15) is 4.79 Å². The Bertz CT molecular complexity index is 336. The summed E-state index contributed by atoms with van der Waals surface area (Å²) in [7, 11) is 0. The second kappa shape index (κ2) is 6.58. The number of carbonyl (C=O) groups excluding carboxylic acids is 1. The Kier molecular flexibility index (Phi) is 4.78. The first-order valence-electron chi connectivity index (χ1n) is 6.90. The van der Waals surface area contributed by atoms with Gasteiger partial charge in [-0.25, -0.2) is 0 Å². The van der Waals surface area contributed by atoms with E-state index in [0.717, 1.165) is 19.3 Å². The molecule has 0 saturated heterocycles. The highest BCUT2D eigenvalue weighted by Crippen LogP contribution is 2.26. The van der Waals surface area contributed by atoms with Gasteiger partial charge in [-0.05, 0) is 17.9 Å². The average Bonchev–Trinajstić information content (AvgIpc) is 2.39. The lowest BCUT2D eigenvalue weighted by molar-refractivity contribution is -0.120. The van der Waals surface area contributed by atoms with Crippen molar-refractivity contribution in [3.8, 4) is 0 Å². The molecule has 0 radical (unpaired) electrons. The second-order valence-corrected chi connectivity index (χ2v) is 5.23. The van der Waals surface area contributed by atoms with E-state index in [4.69, 9.17) is 0 Å². The van der Waals surface area contributed by atoms with Crippen LogP contribution in [0.4, 0.5) is 0 Å². The van der Waals surface area contributed by atoms with Crippen LogP contribution in [0.5, 0.6) is 0 Å². The Morgan fingerprint density at radius 1 is 1.06 bits per heavy atom. The van der Waals surface area contributed by atoms with Crippen LogP contribution in [0.3, 0.4) is 0 Å². The number of Topliss-reactive ketones (excluding diaryl/α,β-unsaturated/α-hetero) is 1. The molecule has 1 aliphatic rings. The second-order valence-electron chi connectivity index (χ2n) is 5.23. The molecule has 0 bridgehead atoms. The van der Waals surface area contributed by atoms with Crippen LogP contribution in [0.2, 0.25) is 0 Å². The van der Waals surface area contributed by atoms with E-state index in [1.54, 1.807) is 0 Å². The maximum Gasteiger partial charge on any atom is 0.133 e. The maximum absolute atomic E-state index is 11.9. The van der Waals surface area contributed by atoms with Crippen LogP contribution >= 0.6 is 0 Å². The van der Waals surface area contributed by atoms with Crippen molar-refractivity contribution >= 4 is 5.78 Å². The van der Waals surface area contributed by atoms with Gasteiger partial charge in [-0.15, -0.1) is 0 Å². The van der Waals surface area contributed by atoms with E-state index >= 15 is 0 Å². The molecule has 1 fully saturated rings. The van der Waals surface area contributed by atoms with Gasteiger partial charge < -0.3 is 0 Å². The maximum atomic E-state index is 11.9. The summed E-state index contributed by atoms with van der Waals surface area (Å²) in [5.74, 6) is 1.15. The SMILES string of the molecule is O=C(CCc1ccccc1)CC1CCCCC1. The Morgan fingerprint density at radius 2 is 1.76 bits per heavy atom. The zero-order valence-electron chi connectivity index (χ0n) is 10.5. The molecule has 92 valence electrons. The average molecular weight is 230 g/mol. The summed E-state index contributed by atoms with van der Waals surface area (Å²) in [5.41, 5.74) is 1.28. The van der Waals surface area contributed by atoms with Gasteiger partial charge in [0, 0.05) is 12.8 Å². The first-order valence-corrected chi connectivity index (χ1v) is 6.90. The highest BCUT2D eigenvalue weighted by Gasteiger charge is 2.16. The van der Waals surface area contributed by atoms with Crippen molar-refractivity contribution in [1.29, 1.82) is 0 Å². The lowest BCUT2D eigenvalue weighted by atomic mass is 9.85. The third-order valence-electron chi connectivity index (χ3n) is 3.78. The molecule has 0 unspecified atom stereocenters. The molecule has 1 saturated carbocycles. The third-order valence-corrected chi connectivity index (χ3v) is 3.78. The zero-order chi connectivity index (χ0) is 11.9. The molecule has 0 spiro atoms. The number of carbonyl (C=O) groups is 1. The molecule has 1 aromatic carbocycles. The molecule has 2 rings (SSSR count). The van der Waals surface area contributed by atoms with Crippen LogP contribution in [0.1, 0.15) is 50.5 Å². The molecule has 0 atom stereocenters. The van der Waals surface area contributed by atoms with Crippen molar-refractivity contribution in [2.24, 2.45) is 5.92 Å². The summed E-state index contributed by atoms with van der Waals surface area (Å²) in [6.07, 6.45) is 9.04. The van der Waals surface area contributed by atoms with Gasteiger partial charge in [-0.2, -0.15) is 0 Å². The van der Waals surface area contributed by atoms with Crippen molar-refractivity contribution < 1.29 is 4.79 Å². The molecule has 0 aromatic heterocycles. The lowest BCUT2D eigenvalue weighted by Gasteiger charge is -2.20. The topological polar surface area (TPSA) is 17.1 Å². The number of benzene rings is 1. The van der Waals surface area contributed by atoms with Gasteiger partial charge in [0.2, 0.25) is 0 Å². The molecule has 1 aromatic rings. The largest absolute Gasteiger partial charge is 0.300 e. The first kappa shape index (κ1) is 12.3. The number of aryl methyl sites for hydroxylation is 1. The number of rotatable bonds is 5. The Balaban J connectivity index is 1.70. The van der Waals surface area contributed by atoms with E-state index in [1.807, 2.05) is 18.2 Å². The minimum atomic E-state index is 0.459. The summed E-state index contributed by atoms with van der Waals surface area (Å²) >= 11 is 0. The summed E-state index contributed by atoms with van der Waals surface area (Å²) in [6.45, 7) is 0. The number of hydrogen-bond acceptors (Lipinski definition) is 1. The fraction of sp³-hybridized carbons (Fsp3) is 0.562. The van der Waals surface area contributed by atoms with Gasteiger partial charge in [0.25, 0.3) is 0 Å². The number of hydrogen-bond donors (Lipinski definition) is 0. The third kappa shape index (κ3) is 4.33. The van der Waals surface area contributed by atoms with Crippen molar-refractivity contribution in [3.63, 3.8) is 0 Å². The molecular formula is C16H22O. The molecular weight excluding hydrogens is 208 g/mol. The smallest absolute Gasteiger partial charge is 0.133 e. The minimum absolute atomic E-state index is 0.459. The van der Waals surface area contributed by atoms with Crippen molar-refractivity contribution in [3.05, 3.63) is 35.9 Å². The van der Waals surface area contributed by atoms with E-state index in [2.05, 4.69) is 12.1 Å². The molecule has 0 amide bonds. The quantitative estimate of drug-likeness (QED) is 0.742. The normalized spacial score (nSPS) is 16.9. The van der Waals surface area contributed by atoms with E-state index in [-0.39, 0.29) is 0 Å². The molecule has 1 nitrogen and oxygen atoms in total. The Labute approximate surface area is 104 Å². The predicted molar refractivity (Wildman–Crippen MR) is 71.0 cm³/mol. The number of ketones is 1. The van der Waals surface area contributed by atoms with E-state index < -0.39 is 0 Å². The molecule has 0 aliphatic heterocycles. The Hall–Kier alpha value is -1.11. The summed E-state index contributed by atoms with van der Waals surface area (Å²) < 4.78 is 0. The van der Waals surface area contributed by atoms with Gasteiger partial charge in [0.1, 0.15) is 5.78 Å². The fourth-order valence-corrected chi connectivity index (χ4v) is 2.74. The van der Waals surface area contributed by atoms with Gasteiger partial charge in [0.05, 0.1) is 0 Å². The van der Waals surface area contributed by atoms with Gasteiger partial charge >= 0.3 is 0 Å². The summed E-state index contributed by atoms with van der Waals surface area (Å²) in [5, 5.41) is 0. The standard InChI is InChI=1S/C16H22O/c17-16(13-15-9-5-2-6-10-15)12-11-14-7-3-1-4-8-14/h1,3-4,7-8,15H,2,5-6,9-13H2. The van der Waals surface area contributed by atoms with Crippen molar-refractivity contribution in [2.75, 3.05) is 0 Å². The van der Waals surface area contributed by atoms with Crippen LogP contribution in [0.25, 0.3) is 0 Å². The van der Waals surface area contributed by atoms with Crippen LogP contribution in [0.15, 0.2) is 30.3 Å². The minimum Gasteiger partial charge on any atom is -0.300 e. The molecule has 0 heterocycles. The predicted octanol–water partition coefficient (Wildman–Crippen LogP) is 4.16. The summed E-state index contributed by atoms with van der Waals surface area (Å²) in [4.78, 5) is 11.9.